The van der Waals surface area contributed by atoms with Gasteiger partial charge in [-0.1, -0.05) is 49.3 Å². The number of aryl methyl sites for hydroxylation is 4. The number of aromatic nitrogens is 3. The lowest BCUT2D eigenvalue weighted by atomic mass is 10.1. The molecule has 0 atom stereocenters. The highest BCUT2D eigenvalue weighted by Crippen LogP contribution is 2.15. The first-order valence-electron chi connectivity index (χ1n) is 10.2. The van der Waals surface area contributed by atoms with Gasteiger partial charge in [-0.2, -0.15) is 0 Å². The second kappa shape index (κ2) is 12.4. The van der Waals surface area contributed by atoms with Crippen molar-refractivity contribution in [3.63, 3.8) is 0 Å². The van der Waals surface area contributed by atoms with E-state index < -0.39 is 0 Å². The van der Waals surface area contributed by atoms with Crippen LogP contribution in [0.4, 0.5) is 0 Å². The van der Waals surface area contributed by atoms with Gasteiger partial charge in [0.15, 0.2) is 5.96 Å². The second-order valence-electron chi connectivity index (χ2n) is 6.79. The second-order valence-corrected chi connectivity index (χ2v) is 6.79. The molecule has 2 heterocycles. The molecule has 30 heavy (non-hydrogen) atoms. The molecule has 0 aliphatic heterocycles. The first-order valence-corrected chi connectivity index (χ1v) is 10.2. The molecule has 3 aromatic rings. The zero-order chi connectivity index (χ0) is 20.5. The van der Waals surface area contributed by atoms with Crippen LogP contribution in [0.5, 0.6) is 0 Å². The molecule has 2 aromatic heterocycles. The van der Waals surface area contributed by atoms with Gasteiger partial charge in [0.1, 0.15) is 11.6 Å². The van der Waals surface area contributed by atoms with Crippen molar-refractivity contribution < 1.29 is 4.52 Å². The lowest BCUT2D eigenvalue weighted by Crippen LogP contribution is -2.37. The van der Waals surface area contributed by atoms with E-state index in [1.54, 1.807) is 7.05 Å². The fourth-order valence-corrected chi connectivity index (χ4v) is 3.30. The molecule has 7 nitrogen and oxygen atoms in total. The molecule has 0 saturated carbocycles. The maximum absolute atomic E-state index is 5.44. The molecule has 1 aromatic carbocycles. The number of hydrogen-bond acceptors (Lipinski definition) is 4. The van der Waals surface area contributed by atoms with Crippen LogP contribution in [-0.4, -0.2) is 27.7 Å². The zero-order valence-electron chi connectivity index (χ0n) is 17.9. The van der Waals surface area contributed by atoms with Crippen LogP contribution in [0.1, 0.15) is 42.3 Å². The zero-order valence-corrected chi connectivity index (χ0v) is 20.2. The van der Waals surface area contributed by atoms with Gasteiger partial charge in [0.05, 0.1) is 12.2 Å². The monoisotopic (exact) mass is 522 g/mol. The van der Waals surface area contributed by atoms with Crippen molar-refractivity contribution in [2.24, 2.45) is 4.99 Å². The van der Waals surface area contributed by atoms with E-state index >= 15 is 0 Å². The van der Waals surface area contributed by atoms with Crippen molar-refractivity contribution >= 4 is 29.9 Å². The summed E-state index contributed by atoms with van der Waals surface area (Å²) in [5, 5.41) is 10.9. The highest BCUT2D eigenvalue weighted by atomic mass is 127. The summed E-state index contributed by atoms with van der Waals surface area (Å²) in [5.41, 5.74) is 3.45. The molecule has 2 N–H and O–H groups in total. The quantitative estimate of drug-likeness (QED) is 0.255. The SMILES string of the molecule is CCc1noc(CC)c1CNC(=NC)NCc1nccn1CCc1ccccc1.I. The van der Waals surface area contributed by atoms with Crippen LogP contribution in [0.3, 0.4) is 0 Å². The lowest BCUT2D eigenvalue weighted by molar-refractivity contribution is 0.380. The van der Waals surface area contributed by atoms with E-state index in [-0.39, 0.29) is 24.0 Å². The fourth-order valence-electron chi connectivity index (χ4n) is 3.30. The summed E-state index contributed by atoms with van der Waals surface area (Å²) in [4.78, 5) is 8.82. The fraction of sp³-hybridized carbons (Fsp3) is 0.409. The number of benzene rings is 1. The van der Waals surface area contributed by atoms with Gasteiger partial charge in [0.25, 0.3) is 0 Å². The summed E-state index contributed by atoms with van der Waals surface area (Å²) < 4.78 is 7.61. The van der Waals surface area contributed by atoms with Gasteiger partial charge in [0.2, 0.25) is 0 Å². The molecule has 0 saturated heterocycles. The Hall–Kier alpha value is -2.36. The van der Waals surface area contributed by atoms with E-state index in [4.69, 9.17) is 4.52 Å². The third-order valence-electron chi connectivity index (χ3n) is 4.96. The summed E-state index contributed by atoms with van der Waals surface area (Å²) in [6.45, 7) is 6.30. The number of imidazole rings is 1. The smallest absolute Gasteiger partial charge is 0.191 e. The normalized spacial score (nSPS) is 11.2. The Bertz CT molecular complexity index is 897. The summed E-state index contributed by atoms with van der Waals surface area (Å²) in [6.07, 6.45) is 6.52. The minimum atomic E-state index is 0. The summed E-state index contributed by atoms with van der Waals surface area (Å²) in [7, 11) is 1.77. The Morgan fingerprint density at radius 1 is 1.10 bits per heavy atom. The Kier molecular flexibility index (Phi) is 9.85. The third kappa shape index (κ3) is 6.32. The van der Waals surface area contributed by atoms with E-state index in [1.807, 2.05) is 18.5 Å². The van der Waals surface area contributed by atoms with Gasteiger partial charge in [-0.3, -0.25) is 4.99 Å². The molecule has 0 fully saturated rings. The Balaban J connectivity index is 0.00000320. The molecule has 0 amide bonds. The average Bonchev–Trinajstić information content (AvgIpc) is 3.39. The highest BCUT2D eigenvalue weighted by molar-refractivity contribution is 14.0. The Morgan fingerprint density at radius 3 is 2.57 bits per heavy atom. The standard InChI is InChI=1S/C22H30N6O.HI/c1-4-19-18(20(5-2)29-27-19)15-25-22(23-3)26-16-21-24-12-14-28(21)13-11-17-9-7-6-8-10-17;/h6-10,12,14H,4-5,11,13,15-16H2,1-3H3,(H2,23,25,26);1H. The summed E-state index contributed by atoms with van der Waals surface area (Å²) in [5.74, 6) is 2.64. The molecule has 3 rings (SSSR count). The number of aliphatic imine (C=N–C) groups is 1. The molecule has 0 bridgehead atoms. The van der Waals surface area contributed by atoms with Crippen molar-refractivity contribution in [3.05, 3.63) is 71.1 Å². The number of nitrogens with one attached hydrogen (secondary N) is 2. The number of rotatable bonds is 9. The molecule has 0 spiro atoms. The first kappa shape index (κ1) is 23.9. The minimum absolute atomic E-state index is 0. The van der Waals surface area contributed by atoms with Gasteiger partial charge in [-0.25, -0.2) is 4.98 Å². The van der Waals surface area contributed by atoms with Crippen LogP contribution in [0.2, 0.25) is 0 Å². The average molecular weight is 522 g/mol. The van der Waals surface area contributed by atoms with E-state index in [9.17, 15) is 0 Å². The molecule has 0 aliphatic rings. The van der Waals surface area contributed by atoms with Gasteiger partial charge < -0.3 is 19.7 Å². The summed E-state index contributed by atoms with van der Waals surface area (Å²) in [6, 6.07) is 10.5. The van der Waals surface area contributed by atoms with E-state index in [1.165, 1.54) is 5.56 Å². The molecule has 0 radical (unpaired) electrons. The topological polar surface area (TPSA) is 80.3 Å². The maximum atomic E-state index is 5.44. The van der Waals surface area contributed by atoms with Crippen LogP contribution in [0.15, 0.2) is 52.2 Å². The van der Waals surface area contributed by atoms with Crippen molar-refractivity contribution in [1.29, 1.82) is 0 Å². The Morgan fingerprint density at radius 2 is 1.87 bits per heavy atom. The summed E-state index contributed by atoms with van der Waals surface area (Å²) >= 11 is 0. The van der Waals surface area contributed by atoms with Gasteiger partial charge in [-0.05, 0) is 18.4 Å². The van der Waals surface area contributed by atoms with E-state index in [0.29, 0.717) is 13.1 Å². The van der Waals surface area contributed by atoms with E-state index in [2.05, 4.69) is 68.4 Å². The van der Waals surface area contributed by atoms with Crippen LogP contribution in [0.25, 0.3) is 0 Å². The van der Waals surface area contributed by atoms with Crippen molar-refractivity contribution in [2.75, 3.05) is 7.05 Å². The van der Waals surface area contributed by atoms with Crippen molar-refractivity contribution in [2.45, 2.75) is 52.7 Å². The number of nitrogens with zero attached hydrogens (tertiary/aromatic N) is 4. The molecule has 0 aliphatic carbocycles. The minimum Gasteiger partial charge on any atom is -0.361 e. The predicted octanol–water partition coefficient (Wildman–Crippen LogP) is 3.72. The molecular weight excluding hydrogens is 491 g/mol. The van der Waals surface area contributed by atoms with Crippen molar-refractivity contribution in [1.82, 2.24) is 25.3 Å². The maximum Gasteiger partial charge on any atom is 0.191 e. The number of halogens is 1. The Labute approximate surface area is 195 Å². The van der Waals surface area contributed by atoms with Gasteiger partial charge >= 0.3 is 0 Å². The number of hydrogen-bond donors (Lipinski definition) is 2. The van der Waals surface area contributed by atoms with Crippen molar-refractivity contribution in [3.8, 4) is 0 Å². The molecule has 0 unspecified atom stereocenters. The molecule has 8 heteroatoms. The van der Waals surface area contributed by atoms with Crippen LogP contribution in [-0.2, 0) is 38.9 Å². The first-order chi connectivity index (χ1) is 14.2. The largest absolute Gasteiger partial charge is 0.361 e. The van der Waals surface area contributed by atoms with Crippen LogP contribution < -0.4 is 10.6 Å². The van der Waals surface area contributed by atoms with Crippen LogP contribution in [0, 0.1) is 0 Å². The van der Waals surface area contributed by atoms with E-state index in [0.717, 1.165) is 54.6 Å². The molecule has 162 valence electrons. The van der Waals surface area contributed by atoms with Gasteiger partial charge in [0, 0.05) is 44.5 Å². The lowest BCUT2D eigenvalue weighted by Gasteiger charge is -2.13. The predicted molar refractivity (Wildman–Crippen MR) is 130 cm³/mol. The van der Waals surface area contributed by atoms with Gasteiger partial charge in [-0.15, -0.1) is 24.0 Å². The highest BCUT2D eigenvalue weighted by Gasteiger charge is 2.14. The number of guanidine groups is 1. The third-order valence-corrected chi connectivity index (χ3v) is 4.96. The van der Waals surface area contributed by atoms with Crippen LogP contribution >= 0.6 is 24.0 Å². The molecular formula is C22H31IN6O.